The Morgan fingerprint density at radius 1 is 1.25 bits per heavy atom. The van der Waals surface area contributed by atoms with Crippen molar-refractivity contribution in [1.29, 1.82) is 0 Å². The van der Waals surface area contributed by atoms with Crippen molar-refractivity contribution < 1.29 is 36.9 Å². The number of esters is 1. The zero-order valence-corrected chi connectivity index (χ0v) is 8.68. The van der Waals surface area contributed by atoms with Crippen LogP contribution < -0.4 is 0 Å². The van der Waals surface area contributed by atoms with E-state index in [9.17, 15) is 22.4 Å². The minimum absolute atomic E-state index is 0.407. The maximum absolute atomic E-state index is 12.9. The lowest BCUT2D eigenvalue weighted by molar-refractivity contribution is -0.310. The number of carbonyl (C=O) groups is 1. The molecule has 0 bridgehead atoms. The summed E-state index contributed by atoms with van der Waals surface area (Å²) in [6.45, 7) is 1.53. The Morgan fingerprint density at radius 2 is 1.75 bits per heavy atom. The summed E-state index contributed by atoms with van der Waals surface area (Å²) in [5.74, 6) is -12.6. The summed E-state index contributed by atoms with van der Waals surface area (Å²) in [5.41, 5.74) is 0. The summed E-state index contributed by atoms with van der Waals surface area (Å²) in [6, 6.07) is 0. The highest BCUT2D eigenvalue weighted by molar-refractivity contribution is 5.79. The lowest BCUT2D eigenvalue weighted by atomic mass is 10.1. The maximum Gasteiger partial charge on any atom is 0.409 e. The Kier molecular flexibility index (Phi) is 5.14. The van der Waals surface area contributed by atoms with Crippen LogP contribution in [0.25, 0.3) is 0 Å². The highest BCUT2D eigenvalue weighted by atomic mass is 19.3. The first-order valence-electron chi connectivity index (χ1n) is 4.44. The largest absolute Gasteiger partial charge is 0.461 e. The Balaban J connectivity index is 4.88. The Morgan fingerprint density at radius 3 is 2.12 bits per heavy atom. The Hall–Kier alpha value is -0.890. The zero-order valence-electron chi connectivity index (χ0n) is 8.68. The fourth-order valence-corrected chi connectivity index (χ4v) is 0.775. The molecule has 0 saturated carbocycles. The van der Waals surface area contributed by atoms with Crippen LogP contribution >= 0.6 is 0 Å². The number of aliphatic hydroxyl groups is 1. The van der Waals surface area contributed by atoms with Gasteiger partial charge in [0.15, 0.2) is 0 Å². The number of alkyl halides is 4. The van der Waals surface area contributed by atoms with Gasteiger partial charge in [0.05, 0.1) is 6.61 Å². The standard InChI is InChI=1S/C8H12F4O4/c1-3-15-5(13)7(9,10)8(11,12)6(14)16-4-2/h5,13H,3-4H2,1-2H3. The summed E-state index contributed by atoms with van der Waals surface area (Å²) in [6.07, 6.45) is -3.07. The molecule has 4 nitrogen and oxygen atoms in total. The number of hydrogen-bond donors (Lipinski definition) is 1. The summed E-state index contributed by atoms with van der Waals surface area (Å²) < 4.78 is 59.4. The van der Waals surface area contributed by atoms with Gasteiger partial charge in [-0.15, -0.1) is 0 Å². The first-order chi connectivity index (χ1) is 7.21. The average Bonchev–Trinajstić information content (AvgIpc) is 2.18. The molecule has 0 fully saturated rings. The van der Waals surface area contributed by atoms with Crippen molar-refractivity contribution in [3.05, 3.63) is 0 Å². The minimum atomic E-state index is -5.14. The van der Waals surface area contributed by atoms with Crippen LogP contribution in [0.3, 0.4) is 0 Å². The quantitative estimate of drug-likeness (QED) is 0.435. The molecule has 96 valence electrons. The van der Waals surface area contributed by atoms with E-state index in [0.29, 0.717) is 0 Å². The van der Waals surface area contributed by atoms with Gasteiger partial charge in [-0.2, -0.15) is 17.6 Å². The van der Waals surface area contributed by atoms with Gasteiger partial charge >= 0.3 is 17.8 Å². The predicted molar refractivity (Wildman–Crippen MR) is 44.2 cm³/mol. The smallest absolute Gasteiger partial charge is 0.409 e. The molecule has 0 aromatic rings. The average molecular weight is 248 g/mol. The molecule has 0 heterocycles. The molecule has 1 atom stereocenters. The van der Waals surface area contributed by atoms with Crippen molar-refractivity contribution in [2.24, 2.45) is 0 Å². The third-order valence-corrected chi connectivity index (χ3v) is 1.59. The minimum Gasteiger partial charge on any atom is -0.461 e. The summed E-state index contributed by atoms with van der Waals surface area (Å²) >= 11 is 0. The molecule has 0 aliphatic heterocycles. The van der Waals surface area contributed by atoms with E-state index in [1.54, 1.807) is 0 Å². The predicted octanol–water partition coefficient (Wildman–Crippen LogP) is 1.17. The molecule has 1 N–H and O–H groups in total. The molecular formula is C8H12F4O4. The molecule has 0 aliphatic rings. The van der Waals surface area contributed by atoms with Gasteiger partial charge in [0, 0.05) is 6.61 Å². The number of halogens is 4. The van der Waals surface area contributed by atoms with Crippen LogP contribution in [0, 0.1) is 0 Å². The van der Waals surface area contributed by atoms with Gasteiger partial charge in [0.2, 0.25) is 6.29 Å². The molecule has 1 unspecified atom stereocenters. The maximum atomic E-state index is 12.9. The van der Waals surface area contributed by atoms with E-state index in [2.05, 4.69) is 9.47 Å². The topological polar surface area (TPSA) is 55.8 Å². The van der Waals surface area contributed by atoms with Crippen LogP contribution in [-0.2, 0) is 14.3 Å². The van der Waals surface area contributed by atoms with Gasteiger partial charge in [0.25, 0.3) is 0 Å². The van der Waals surface area contributed by atoms with Gasteiger partial charge in [-0.3, -0.25) is 0 Å². The number of ether oxygens (including phenoxy) is 2. The van der Waals surface area contributed by atoms with E-state index >= 15 is 0 Å². The third-order valence-electron chi connectivity index (χ3n) is 1.59. The second kappa shape index (κ2) is 5.44. The highest BCUT2D eigenvalue weighted by Crippen LogP contribution is 2.38. The second-order valence-electron chi connectivity index (χ2n) is 2.73. The van der Waals surface area contributed by atoms with Crippen LogP contribution in [0.5, 0.6) is 0 Å². The highest BCUT2D eigenvalue weighted by Gasteiger charge is 2.67. The van der Waals surface area contributed by atoms with Gasteiger partial charge in [0.1, 0.15) is 0 Å². The number of aliphatic hydroxyl groups excluding tert-OH is 1. The van der Waals surface area contributed by atoms with Gasteiger partial charge in [-0.25, -0.2) is 4.79 Å². The normalized spacial score (nSPS) is 14.7. The van der Waals surface area contributed by atoms with Crippen LogP contribution in [0.1, 0.15) is 13.8 Å². The summed E-state index contributed by atoms with van der Waals surface area (Å²) in [4.78, 5) is 10.6. The van der Waals surface area contributed by atoms with Gasteiger partial charge in [-0.05, 0) is 13.8 Å². The molecule has 0 aromatic heterocycles. The first-order valence-corrected chi connectivity index (χ1v) is 4.44. The first kappa shape index (κ1) is 15.1. The van der Waals surface area contributed by atoms with E-state index in [1.165, 1.54) is 13.8 Å². The number of rotatable bonds is 6. The van der Waals surface area contributed by atoms with E-state index in [-0.39, 0.29) is 0 Å². The summed E-state index contributed by atoms with van der Waals surface area (Å²) in [5, 5.41) is 8.67. The van der Waals surface area contributed by atoms with Crippen molar-refractivity contribution in [1.82, 2.24) is 0 Å². The van der Waals surface area contributed by atoms with E-state index in [1.807, 2.05) is 0 Å². The molecule has 8 heteroatoms. The van der Waals surface area contributed by atoms with Crippen molar-refractivity contribution >= 4 is 5.97 Å². The molecule has 0 aliphatic carbocycles. The number of carbonyl (C=O) groups excluding carboxylic acids is 1. The molecular weight excluding hydrogens is 236 g/mol. The molecule has 16 heavy (non-hydrogen) atoms. The van der Waals surface area contributed by atoms with E-state index in [4.69, 9.17) is 5.11 Å². The van der Waals surface area contributed by atoms with E-state index in [0.717, 1.165) is 0 Å². The van der Waals surface area contributed by atoms with Crippen LogP contribution in [0.15, 0.2) is 0 Å². The number of hydrogen-bond acceptors (Lipinski definition) is 4. The van der Waals surface area contributed by atoms with Crippen molar-refractivity contribution in [3.63, 3.8) is 0 Å². The zero-order chi connectivity index (χ0) is 13.0. The fraction of sp³-hybridized carbons (Fsp3) is 0.875. The van der Waals surface area contributed by atoms with Crippen LogP contribution in [0.2, 0.25) is 0 Å². The second-order valence-corrected chi connectivity index (χ2v) is 2.73. The molecule has 0 rings (SSSR count). The van der Waals surface area contributed by atoms with Crippen molar-refractivity contribution in [2.75, 3.05) is 13.2 Å². The Labute approximate surface area is 89.1 Å². The van der Waals surface area contributed by atoms with E-state index < -0.39 is 37.3 Å². The Bertz CT molecular complexity index is 244. The molecule has 0 spiro atoms. The van der Waals surface area contributed by atoms with Gasteiger partial charge < -0.3 is 14.6 Å². The van der Waals surface area contributed by atoms with Crippen LogP contribution in [-0.4, -0.2) is 42.4 Å². The SMILES string of the molecule is CCOC(=O)C(F)(F)C(F)(F)C(O)OCC. The molecule has 0 radical (unpaired) electrons. The van der Waals surface area contributed by atoms with Crippen molar-refractivity contribution in [2.45, 2.75) is 32.0 Å². The molecule has 0 amide bonds. The fourth-order valence-electron chi connectivity index (χ4n) is 0.775. The lowest BCUT2D eigenvalue weighted by Crippen LogP contribution is -2.55. The van der Waals surface area contributed by atoms with Gasteiger partial charge in [-0.1, -0.05) is 0 Å². The third kappa shape index (κ3) is 2.82. The van der Waals surface area contributed by atoms with Crippen LogP contribution in [0.4, 0.5) is 17.6 Å². The molecule has 0 aromatic carbocycles. The monoisotopic (exact) mass is 248 g/mol. The van der Waals surface area contributed by atoms with Crippen molar-refractivity contribution in [3.8, 4) is 0 Å². The molecule has 0 saturated heterocycles. The summed E-state index contributed by atoms with van der Waals surface area (Å²) in [7, 11) is 0. The lowest BCUT2D eigenvalue weighted by Gasteiger charge is -2.27.